The van der Waals surface area contributed by atoms with Gasteiger partial charge in [-0.25, -0.2) is 0 Å². The van der Waals surface area contributed by atoms with Crippen molar-refractivity contribution in [3.8, 4) is 5.75 Å². The van der Waals surface area contributed by atoms with Gasteiger partial charge in [0.2, 0.25) is 0 Å². The van der Waals surface area contributed by atoms with Gasteiger partial charge in [0, 0.05) is 17.1 Å². The average Bonchev–Trinajstić information content (AvgIpc) is 2.29. The largest absolute Gasteiger partial charge is 0.489 e. The predicted octanol–water partition coefficient (Wildman–Crippen LogP) is 3.54. The number of hydrogen-bond acceptors (Lipinski definition) is 2. The minimum absolute atomic E-state index is 0. The molecule has 0 saturated carbocycles. The van der Waals surface area contributed by atoms with Crippen molar-refractivity contribution in [2.45, 2.75) is 13.3 Å². The van der Waals surface area contributed by atoms with Crippen LogP contribution in [0.5, 0.6) is 5.75 Å². The summed E-state index contributed by atoms with van der Waals surface area (Å²) in [5.41, 5.74) is 2.34. The van der Waals surface area contributed by atoms with Crippen molar-refractivity contribution >= 4 is 30.1 Å². The van der Waals surface area contributed by atoms with Gasteiger partial charge in [-0.1, -0.05) is 18.5 Å². The Morgan fingerprint density at radius 3 is 3.00 bits per heavy atom. The number of halogens is 2. The van der Waals surface area contributed by atoms with E-state index in [9.17, 15) is 0 Å². The molecule has 0 bridgehead atoms. The number of benzene rings is 1. The van der Waals surface area contributed by atoms with Crippen molar-refractivity contribution in [2.75, 3.05) is 19.7 Å². The Bertz CT molecular complexity index is 404. The molecule has 0 atom stereocenters. The molecule has 0 saturated heterocycles. The molecule has 1 aromatic rings. The van der Waals surface area contributed by atoms with E-state index in [1.165, 1.54) is 5.57 Å². The van der Waals surface area contributed by atoms with Crippen LogP contribution in [0.25, 0.3) is 6.08 Å². The third-order valence-electron chi connectivity index (χ3n) is 2.52. The first-order chi connectivity index (χ1) is 7.79. The summed E-state index contributed by atoms with van der Waals surface area (Å²) in [5.74, 6) is 0.920. The molecule has 0 radical (unpaired) electrons. The standard InChI is InChI=1S/C13H16ClNO.ClH/c1-2-5-15-8-10-6-11-7-12(14)3-4-13(11)16-9-10;/h3-4,6-7,15H,2,5,8-9H2,1H3;1H. The Kier molecular flexibility index (Phi) is 5.83. The summed E-state index contributed by atoms with van der Waals surface area (Å²) < 4.78 is 5.65. The molecular weight excluding hydrogens is 257 g/mol. The van der Waals surface area contributed by atoms with Gasteiger partial charge in [-0.05, 0) is 42.8 Å². The van der Waals surface area contributed by atoms with Gasteiger partial charge in [-0.15, -0.1) is 12.4 Å². The maximum Gasteiger partial charge on any atom is 0.127 e. The first kappa shape index (κ1) is 14.4. The SMILES string of the molecule is CCCNCC1=Cc2cc(Cl)ccc2OC1.Cl. The fourth-order valence-corrected chi connectivity index (χ4v) is 1.90. The normalized spacial score (nSPS) is 13.2. The molecule has 17 heavy (non-hydrogen) atoms. The Hall–Kier alpha value is -0.700. The number of hydrogen-bond donors (Lipinski definition) is 1. The minimum Gasteiger partial charge on any atom is -0.489 e. The second-order valence-corrected chi connectivity index (χ2v) is 4.39. The van der Waals surface area contributed by atoms with Gasteiger partial charge in [0.15, 0.2) is 0 Å². The Labute approximate surface area is 113 Å². The average molecular weight is 274 g/mol. The van der Waals surface area contributed by atoms with Gasteiger partial charge in [0.05, 0.1) is 0 Å². The quantitative estimate of drug-likeness (QED) is 0.848. The van der Waals surface area contributed by atoms with Crippen molar-refractivity contribution < 1.29 is 4.74 Å². The Morgan fingerprint density at radius 1 is 1.41 bits per heavy atom. The Morgan fingerprint density at radius 2 is 2.24 bits per heavy atom. The summed E-state index contributed by atoms with van der Waals surface area (Å²) in [5, 5.41) is 4.12. The van der Waals surface area contributed by atoms with Crippen LogP contribution < -0.4 is 10.1 Å². The lowest BCUT2D eigenvalue weighted by molar-refractivity contribution is 0.343. The van der Waals surface area contributed by atoms with E-state index in [2.05, 4.69) is 18.3 Å². The van der Waals surface area contributed by atoms with Crippen molar-refractivity contribution in [2.24, 2.45) is 0 Å². The molecule has 1 aliphatic heterocycles. The first-order valence-corrected chi connectivity index (χ1v) is 6.00. The van der Waals surface area contributed by atoms with Crippen LogP contribution in [0.3, 0.4) is 0 Å². The molecule has 0 unspecified atom stereocenters. The summed E-state index contributed by atoms with van der Waals surface area (Å²) in [7, 11) is 0. The predicted molar refractivity (Wildman–Crippen MR) is 75.3 cm³/mol. The summed E-state index contributed by atoms with van der Waals surface area (Å²) in [4.78, 5) is 0. The van der Waals surface area contributed by atoms with Crippen LogP contribution in [-0.4, -0.2) is 19.7 Å². The first-order valence-electron chi connectivity index (χ1n) is 5.62. The van der Waals surface area contributed by atoms with Crippen molar-refractivity contribution in [3.05, 3.63) is 34.4 Å². The Balaban J connectivity index is 0.00000144. The van der Waals surface area contributed by atoms with Crippen LogP contribution >= 0.6 is 24.0 Å². The highest BCUT2D eigenvalue weighted by Gasteiger charge is 2.10. The van der Waals surface area contributed by atoms with Crippen molar-refractivity contribution in [1.29, 1.82) is 0 Å². The van der Waals surface area contributed by atoms with Crippen LogP contribution in [0, 0.1) is 0 Å². The monoisotopic (exact) mass is 273 g/mol. The van der Waals surface area contributed by atoms with Gasteiger partial charge in [-0.2, -0.15) is 0 Å². The van der Waals surface area contributed by atoms with E-state index in [1.54, 1.807) is 0 Å². The fraction of sp³-hybridized carbons (Fsp3) is 0.385. The smallest absolute Gasteiger partial charge is 0.127 e. The fourth-order valence-electron chi connectivity index (χ4n) is 1.72. The lowest BCUT2D eigenvalue weighted by Gasteiger charge is -2.18. The minimum atomic E-state index is 0. The molecule has 0 amide bonds. The van der Waals surface area contributed by atoms with E-state index < -0.39 is 0 Å². The van der Waals surface area contributed by atoms with Gasteiger partial charge >= 0.3 is 0 Å². The van der Waals surface area contributed by atoms with Gasteiger partial charge in [0.25, 0.3) is 0 Å². The molecule has 2 rings (SSSR count). The summed E-state index contributed by atoms with van der Waals surface area (Å²) >= 11 is 5.95. The third-order valence-corrected chi connectivity index (χ3v) is 2.76. The second-order valence-electron chi connectivity index (χ2n) is 3.95. The van der Waals surface area contributed by atoms with E-state index >= 15 is 0 Å². The van der Waals surface area contributed by atoms with Crippen LogP contribution in [0.15, 0.2) is 23.8 Å². The van der Waals surface area contributed by atoms with E-state index in [0.717, 1.165) is 35.8 Å². The maximum atomic E-state index is 5.95. The lowest BCUT2D eigenvalue weighted by atomic mass is 10.1. The van der Waals surface area contributed by atoms with Gasteiger partial charge < -0.3 is 10.1 Å². The zero-order valence-corrected chi connectivity index (χ0v) is 11.4. The molecule has 94 valence electrons. The molecule has 1 N–H and O–H groups in total. The van der Waals surface area contributed by atoms with Crippen LogP contribution in [-0.2, 0) is 0 Å². The zero-order chi connectivity index (χ0) is 11.4. The number of rotatable bonds is 4. The highest BCUT2D eigenvalue weighted by molar-refractivity contribution is 6.30. The van der Waals surface area contributed by atoms with Crippen molar-refractivity contribution in [3.63, 3.8) is 0 Å². The van der Waals surface area contributed by atoms with Gasteiger partial charge in [0.1, 0.15) is 12.4 Å². The zero-order valence-electron chi connectivity index (χ0n) is 9.83. The number of ether oxygens (including phenoxy) is 1. The highest BCUT2D eigenvalue weighted by Crippen LogP contribution is 2.28. The van der Waals surface area contributed by atoms with E-state index in [4.69, 9.17) is 16.3 Å². The summed E-state index contributed by atoms with van der Waals surface area (Å²) in [6.45, 7) is 4.76. The topological polar surface area (TPSA) is 21.3 Å². The van der Waals surface area contributed by atoms with Crippen LogP contribution in [0.1, 0.15) is 18.9 Å². The van der Waals surface area contributed by atoms with Crippen molar-refractivity contribution in [1.82, 2.24) is 5.32 Å². The second kappa shape index (κ2) is 6.90. The molecule has 0 spiro atoms. The van der Waals surface area contributed by atoms with Crippen LogP contribution in [0.2, 0.25) is 5.02 Å². The lowest BCUT2D eigenvalue weighted by Crippen LogP contribution is -2.22. The maximum absolute atomic E-state index is 5.95. The molecule has 4 heteroatoms. The molecule has 0 aliphatic carbocycles. The molecule has 0 aromatic heterocycles. The van der Waals surface area contributed by atoms with E-state index in [0.29, 0.717) is 6.61 Å². The van der Waals surface area contributed by atoms with Crippen LogP contribution in [0.4, 0.5) is 0 Å². The number of nitrogens with one attached hydrogen (secondary N) is 1. The molecule has 1 aliphatic rings. The molecule has 1 heterocycles. The molecule has 1 aromatic carbocycles. The molecule has 2 nitrogen and oxygen atoms in total. The third kappa shape index (κ3) is 3.91. The summed E-state index contributed by atoms with van der Waals surface area (Å²) in [6.07, 6.45) is 3.31. The molecular formula is C13H17Cl2NO. The van der Waals surface area contributed by atoms with Gasteiger partial charge in [-0.3, -0.25) is 0 Å². The highest BCUT2D eigenvalue weighted by atomic mass is 35.5. The molecule has 0 fully saturated rings. The summed E-state index contributed by atoms with van der Waals surface area (Å²) in [6, 6.07) is 5.72. The van der Waals surface area contributed by atoms with E-state index in [1.807, 2.05) is 18.2 Å². The van der Waals surface area contributed by atoms with E-state index in [-0.39, 0.29) is 12.4 Å². The number of fused-ring (bicyclic) bond motifs is 1.